The Morgan fingerprint density at radius 1 is 1.17 bits per heavy atom. The van der Waals surface area contributed by atoms with Crippen LogP contribution in [0, 0.1) is 0 Å². The molecule has 0 fully saturated rings. The summed E-state index contributed by atoms with van der Waals surface area (Å²) in [4.78, 5) is 15.1. The van der Waals surface area contributed by atoms with Gasteiger partial charge in [0.2, 0.25) is 5.91 Å². The standard InChI is InChI=1S/C19H26N2OS/c1-4-21(5-2)18(17-9-7-6-8-10-17)19(22)20-15(3)13-16-11-12-23-14-16/h6-12,14-15,18H,4-5,13H2,1-3H3,(H,20,22). The van der Waals surface area contributed by atoms with Gasteiger partial charge in [0, 0.05) is 6.04 Å². The summed E-state index contributed by atoms with van der Waals surface area (Å²) in [5.74, 6) is 0.0858. The van der Waals surface area contributed by atoms with Crippen molar-refractivity contribution in [2.24, 2.45) is 0 Å². The van der Waals surface area contributed by atoms with E-state index < -0.39 is 0 Å². The van der Waals surface area contributed by atoms with Gasteiger partial charge < -0.3 is 5.32 Å². The number of nitrogens with one attached hydrogen (secondary N) is 1. The first-order chi connectivity index (χ1) is 11.2. The van der Waals surface area contributed by atoms with Gasteiger partial charge in [-0.15, -0.1) is 0 Å². The van der Waals surface area contributed by atoms with E-state index in [2.05, 4.69) is 47.8 Å². The number of carbonyl (C=O) groups is 1. The van der Waals surface area contributed by atoms with E-state index in [4.69, 9.17) is 0 Å². The topological polar surface area (TPSA) is 32.3 Å². The molecule has 4 heteroatoms. The molecule has 0 saturated carbocycles. The van der Waals surface area contributed by atoms with Crippen LogP contribution in [0.3, 0.4) is 0 Å². The van der Waals surface area contributed by atoms with E-state index in [1.54, 1.807) is 11.3 Å². The molecular formula is C19H26N2OS. The van der Waals surface area contributed by atoms with Crippen LogP contribution in [0.2, 0.25) is 0 Å². The number of benzene rings is 1. The highest BCUT2D eigenvalue weighted by atomic mass is 32.1. The predicted molar refractivity (Wildman–Crippen MR) is 97.7 cm³/mol. The van der Waals surface area contributed by atoms with Gasteiger partial charge in [-0.1, -0.05) is 44.2 Å². The maximum Gasteiger partial charge on any atom is 0.242 e. The monoisotopic (exact) mass is 330 g/mol. The van der Waals surface area contributed by atoms with Gasteiger partial charge in [-0.05, 0) is 54.4 Å². The van der Waals surface area contributed by atoms with E-state index >= 15 is 0 Å². The van der Waals surface area contributed by atoms with Gasteiger partial charge in [0.15, 0.2) is 0 Å². The zero-order valence-corrected chi connectivity index (χ0v) is 15.0. The Bertz CT molecular complexity index is 579. The fourth-order valence-corrected chi connectivity index (χ4v) is 3.57. The molecule has 2 rings (SSSR count). The van der Waals surface area contributed by atoms with Crippen LogP contribution in [0.15, 0.2) is 47.2 Å². The highest BCUT2D eigenvalue weighted by Gasteiger charge is 2.26. The normalized spacial score (nSPS) is 13.7. The molecule has 0 radical (unpaired) electrons. The Morgan fingerprint density at radius 3 is 2.43 bits per heavy atom. The summed E-state index contributed by atoms with van der Waals surface area (Å²) in [6.45, 7) is 7.97. The second-order valence-corrected chi connectivity index (χ2v) is 6.56. The molecule has 0 aliphatic carbocycles. The van der Waals surface area contributed by atoms with E-state index in [0.717, 1.165) is 25.1 Å². The van der Waals surface area contributed by atoms with Crippen LogP contribution in [0.5, 0.6) is 0 Å². The van der Waals surface area contributed by atoms with Crippen molar-refractivity contribution in [2.75, 3.05) is 13.1 Å². The summed E-state index contributed by atoms with van der Waals surface area (Å²) in [7, 11) is 0. The minimum absolute atomic E-state index is 0.0858. The lowest BCUT2D eigenvalue weighted by molar-refractivity contribution is -0.127. The molecule has 1 N–H and O–H groups in total. The van der Waals surface area contributed by atoms with Crippen molar-refractivity contribution in [1.82, 2.24) is 10.2 Å². The maximum atomic E-state index is 12.9. The number of rotatable bonds is 8. The Balaban J connectivity index is 2.10. The largest absolute Gasteiger partial charge is 0.352 e. The number of likely N-dealkylation sites (N-methyl/N-ethyl adjacent to an activating group) is 1. The van der Waals surface area contributed by atoms with Gasteiger partial charge in [0.1, 0.15) is 6.04 Å². The summed E-state index contributed by atoms with van der Waals surface area (Å²) >= 11 is 1.69. The molecule has 0 saturated heterocycles. The summed E-state index contributed by atoms with van der Waals surface area (Å²) in [5.41, 5.74) is 2.33. The smallest absolute Gasteiger partial charge is 0.242 e. The van der Waals surface area contributed by atoms with Gasteiger partial charge in [0.05, 0.1) is 0 Å². The first-order valence-corrected chi connectivity index (χ1v) is 9.20. The lowest BCUT2D eigenvalue weighted by Crippen LogP contribution is -2.44. The molecule has 0 spiro atoms. The molecule has 0 aliphatic heterocycles. The number of carbonyl (C=O) groups excluding carboxylic acids is 1. The number of hydrogen-bond donors (Lipinski definition) is 1. The first kappa shape index (κ1) is 17.7. The Labute approximate surface area is 143 Å². The van der Waals surface area contributed by atoms with Crippen molar-refractivity contribution in [2.45, 2.75) is 39.3 Å². The Hall–Kier alpha value is -1.65. The number of nitrogens with zero attached hydrogens (tertiary/aromatic N) is 1. The summed E-state index contributed by atoms with van der Waals surface area (Å²) in [6.07, 6.45) is 0.870. The molecular weight excluding hydrogens is 304 g/mol. The Kier molecular flexibility index (Phi) is 6.81. The molecule has 0 aliphatic rings. The fourth-order valence-electron chi connectivity index (χ4n) is 2.89. The van der Waals surface area contributed by atoms with Crippen molar-refractivity contribution < 1.29 is 4.79 Å². The minimum Gasteiger partial charge on any atom is -0.352 e. The number of amides is 1. The van der Waals surface area contributed by atoms with E-state index in [1.165, 1.54) is 5.56 Å². The SMILES string of the molecule is CCN(CC)C(C(=O)NC(C)Cc1ccsc1)c1ccccc1. The summed E-state index contributed by atoms with van der Waals surface area (Å²) in [5, 5.41) is 7.41. The second kappa shape index (κ2) is 8.85. The highest BCUT2D eigenvalue weighted by Crippen LogP contribution is 2.21. The fraction of sp³-hybridized carbons (Fsp3) is 0.421. The molecule has 2 aromatic rings. The van der Waals surface area contributed by atoms with E-state index in [9.17, 15) is 4.79 Å². The van der Waals surface area contributed by atoms with Crippen LogP contribution < -0.4 is 5.32 Å². The number of hydrogen-bond acceptors (Lipinski definition) is 3. The molecule has 1 aromatic carbocycles. The van der Waals surface area contributed by atoms with Crippen LogP contribution in [0.25, 0.3) is 0 Å². The van der Waals surface area contributed by atoms with Crippen molar-refractivity contribution in [3.63, 3.8) is 0 Å². The maximum absolute atomic E-state index is 12.9. The van der Waals surface area contributed by atoms with E-state index in [1.807, 2.05) is 30.3 Å². The van der Waals surface area contributed by atoms with E-state index in [0.29, 0.717) is 0 Å². The van der Waals surface area contributed by atoms with Crippen molar-refractivity contribution in [1.29, 1.82) is 0 Å². The third-order valence-corrected chi connectivity index (χ3v) is 4.78. The quantitative estimate of drug-likeness (QED) is 0.797. The van der Waals surface area contributed by atoms with Gasteiger partial charge >= 0.3 is 0 Å². The van der Waals surface area contributed by atoms with Crippen molar-refractivity contribution in [3.05, 3.63) is 58.3 Å². The Morgan fingerprint density at radius 2 is 1.87 bits per heavy atom. The molecule has 1 heterocycles. The predicted octanol–water partition coefficient (Wildman–Crippen LogP) is 3.88. The van der Waals surface area contributed by atoms with Crippen molar-refractivity contribution >= 4 is 17.2 Å². The van der Waals surface area contributed by atoms with Gasteiger partial charge in [-0.2, -0.15) is 11.3 Å². The molecule has 2 unspecified atom stereocenters. The van der Waals surface area contributed by atoms with Crippen LogP contribution in [0.1, 0.15) is 37.9 Å². The number of thiophene rings is 1. The van der Waals surface area contributed by atoms with Gasteiger partial charge in [-0.25, -0.2) is 0 Å². The second-order valence-electron chi connectivity index (χ2n) is 5.78. The summed E-state index contributed by atoms with van der Waals surface area (Å²) in [6, 6.07) is 12.1. The van der Waals surface area contributed by atoms with Gasteiger partial charge in [-0.3, -0.25) is 9.69 Å². The highest BCUT2D eigenvalue weighted by molar-refractivity contribution is 7.07. The molecule has 1 aromatic heterocycles. The molecule has 1 amide bonds. The van der Waals surface area contributed by atoms with Crippen molar-refractivity contribution in [3.8, 4) is 0 Å². The molecule has 2 atom stereocenters. The van der Waals surface area contributed by atoms with Crippen LogP contribution in [-0.4, -0.2) is 29.9 Å². The lowest BCUT2D eigenvalue weighted by Gasteiger charge is -2.30. The zero-order chi connectivity index (χ0) is 16.7. The van der Waals surface area contributed by atoms with Crippen LogP contribution in [0.4, 0.5) is 0 Å². The molecule has 3 nitrogen and oxygen atoms in total. The van der Waals surface area contributed by atoms with E-state index in [-0.39, 0.29) is 18.0 Å². The van der Waals surface area contributed by atoms with Crippen LogP contribution in [-0.2, 0) is 11.2 Å². The molecule has 124 valence electrons. The average molecular weight is 330 g/mol. The summed E-state index contributed by atoms with van der Waals surface area (Å²) < 4.78 is 0. The average Bonchev–Trinajstić information content (AvgIpc) is 3.05. The lowest BCUT2D eigenvalue weighted by atomic mass is 10.0. The molecule has 23 heavy (non-hydrogen) atoms. The first-order valence-electron chi connectivity index (χ1n) is 8.26. The van der Waals surface area contributed by atoms with Gasteiger partial charge in [0.25, 0.3) is 0 Å². The molecule has 0 bridgehead atoms. The van der Waals surface area contributed by atoms with Crippen LogP contribution >= 0.6 is 11.3 Å². The third kappa shape index (κ3) is 4.91. The zero-order valence-electron chi connectivity index (χ0n) is 14.2. The minimum atomic E-state index is -0.226. The third-order valence-electron chi connectivity index (χ3n) is 4.05.